The van der Waals surface area contributed by atoms with Gasteiger partial charge in [0.2, 0.25) is 5.91 Å². The maximum absolute atomic E-state index is 14.8. The summed E-state index contributed by atoms with van der Waals surface area (Å²) in [6.07, 6.45) is 0. The highest BCUT2D eigenvalue weighted by molar-refractivity contribution is 6.11. The number of fused-ring (bicyclic) bond motifs is 1. The van der Waals surface area contributed by atoms with E-state index in [4.69, 9.17) is 0 Å². The molecule has 4 rings (SSSR count). The number of amides is 2. The van der Waals surface area contributed by atoms with Crippen molar-refractivity contribution in [2.24, 2.45) is 0 Å². The number of nitrogens with zero attached hydrogens (tertiary/aromatic N) is 3. The largest absolute Gasteiger partial charge is 0.350 e. The quantitative estimate of drug-likeness (QED) is 0.674. The van der Waals surface area contributed by atoms with Gasteiger partial charge in [-0.2, -0.15) is 5.10 Å². The molecule has 1 unspecified atom stereocenters. The van der Waals surface area contributed by atoms with E-state index >= 15 is 0 Å². The highest BCUT2D eigenvalue weighted by Gasteiger charge is 2.49. The topological polar surface area (TPSA) is 67.2 Å². The molecular formula is C25H27FN4O2. The van der Waals surface area contributed by atoms with Crippen molar-refractivity contribution in [3.63, 3.8) is 0 Å². The maximum Gasteiger partial charge on any atom is 0.277 e. The second-order valence-electron chi connectivity index (χ2n) is 9.36. The third-order valence-corrected chi connectivity index (χ3v) is 5.80. The van der Waals surface area contributed by atoms with Crippen LogP contribution in [0.1, 0.15) is 49.4 Å². The Labute approximate surface area is 187 Å². The molecule has 2 amide bonds. The van der Waals surface area contributed by atoms with E-state index in [1.165, 1.54) is 17.0 Å². The first-order valence-corrected chi connectivity index (χ1v) is 10.6. The van der Waals surface area contributed by atoms with Gasteiger partial charge < -0.3 is 5.32 Å². The monoisotopic (exact) mass is 434 g/mol. The summed E-state index contributed by atoms with van der Waals surface area (Å²) in [5.41, 5.74) is 0.426. The van der Waals surface area contributed by atoms with Gasteiger partial charge in [-0.25, -0.2) is 4.39 Å². The molecular weight excluding hydrogens is 407 g/mol. The molecule has 0 radical (unpaired) electrons. The van der Waals surface area contributed by atoms with Crippen LogP contribution in [-0.2, 0) is 23.3 Å². The number of halogens is 1. The molecule has 6 nitrogen and oxygen atoms in total. The Morgan fingerprint density at radius 1 is 1.12 bits per heavy atom. The fourth-order valence-electron chi connectivity index (χ4n) is 3.93. The summed E-state index contributed by atoms with van der Waals surface area (Å²) < 4.78 is 16.4. The highest BCUT2D eigenvalue weighted by Crippen LogP contribution is 2.35. The predicted molar refractivity (Wildman–Crippen MR) is 121 cm³/mol. The van der Waals surface area contributed by atoms with E-state index < -0.39 is 17.3 Å². The van der Waals surface area contributed by atoms with Crippen LogP contribution in [0.15, 0.2) is 60.7 Å². The minimum Gasteiger partial charge on any atom is -0.350 e. The van der Waals surface area contributed by atoms with Gasteiger partial charge in [0, 0.05) is 12.0 Å². The zero-order chi connectivity index (χ0) is 23.1. The van der Waals surface area contributed by atoms with E-state index in [1.807, 2.05) is 51.1 Å². The Hall–Kier alpha value is -3.48. The molecule has 1 aromatic heterocycles. The molecule has 0 aliphatic carbocycles. The van der Waals surface area contributed by atoms with E-state index in [0.29, 0.717) is 12.2 Å². The summed E-state index contributed by atoms with van der Waals surface area (Å²) in [6.45, 7) is 8.08. The Kier molecular flexibility index (Phi) is 5.36. The van der Waals surface area contributed by atoms with Crippen LogP contribution < -0.4 is 10.2 Å². The van der Waals surface area contributed by atoms with Crippen LogP contribution in [0.25, 0.3) is 0 Å². The van der Waals surface area contributed by atoms with E-state index in [9.17, 15) is 14.0 Å². The van der Waals surface area contributed by atoms with Gasteiger partial charge in [-0.15, -0.1) is 0 Å². The summed E-state index contributed by atoms with van der Waals surface area (Å²) in [7, 11) is 0. The number of benzene rings is 2. The van der Waals surface area contributed by atoms with Crippen molar-refractivity contribution in [3.05, 3.63) is 83.4 Å². The molecule has 1 aliphatic heterocycles. The minimum atomic E-state index is -1.37. The maximum atomic E-state index is 14.8. The number of carbonyl (C=O) groups excluding carboxylic acids is 2. The first-order valence-electron chi connectivity index (χ1n) is 10.6. The van der Waals surface area contributed by atoms with Gasteiger partial charge in [-0.1, -0.05) is 63.2 Å². The smallest absolute Gasteiger partial charge is 0.277 e. The van der Waals surface area contributed by atoms with Gasteiger partial charge >= 0.3 is 0 Å². The Morgan fingerprint density at radius 2 is 1.78 bits per heavy atom. The van der Waals surface area contributed by atoms with Crippen LogP contribution in [0, 0.1) is 5.82 Å². The van der Waals surface area contributed by atoms with Gasteiger partial charge in [0.25, 0.3) is 5.91 Å². The first-order chi connectivity index (χ1) is 15.1. The molecule has 1 aliphatic rings. The lowest BCUT2D eigenvalue weighted by Gasteiger charge is -2.43. The van der Waals surface area contributed by atoms with Crippen molar-refractivity contribution in [2.75, 3.05) is 4.90 Å². The molecule has 7 heteroatoms. The third kappa shape index (κ3) is 3.79. The number of aromatic nitrogens is 2. The number of hydrogen-bond donors (Lipinski definition) is 1. The average molecular weight is 435 g/mol. The van der Waals surface area contributed by atoms with Crippen molar-refractivity contribution >= 4 is 17.5 Å². The van der Waals surface area contributed by atoms with Crippen LogP contribution >= 0.6 is 0 Å². The van der Waals surface area contributed by atoms with Gasteiger partial charge in [-0.3, -0.25) is 19.2 Å². The molecule has 2 aromatic carbocycles. The van der Waals surface area contributed by atoms with Crippen LogP contribution in [0.5, 0.6) is 0 Å². The minimum absolute atomic E-state index is 0.0691. The molecule has 3 aromatic rings. The van der Waals surface area contributed by atoms with Crippen molar-refractivity contribution in [2.45, 2.75) is 51.7 Å². The van der Waals surface area contributed by atoms with Crippen molar-refractivity contribution in [1.82, 2.24) is 15.1 Å². The van der Waals surface area contributed by atoms with Gasteiger partial charge in [0.15, 0.2) is 0 Å². The second-order valence-corrected chi connectivity index (χ2v) is 9.36. The molecule has 166 valence electrons. The summed E-state index contributed by atoms with van der Waals surface area (Å²) in [5, 5.41) is 7.53. The number of para-hydroxylation sites is 1. The molecule has 0 saturated carbocycles. The molecule has 0 bridgehead atoms. The van der Waals surface area contributed by atoms with Crippen LogP contribution in [0.4, 0.5) is 10.1 Å². The lowest BCUT2D eigenvalue weighted by Crippen LogP contribution is -2.64. The summed E-state index contributed by atoms with van der Waals surface area (Å²) in [6, 6.07) is 17.3. The number of anilines is 1. The number of rotatable bonds is 4. The molecule has 32 heavy (non-hydrogen) atoms. The zero-order valence-corrected chi connectivity index (χ0v) is 18.7. The third-order valence-electron chi connectivity index (χ3n) is 5.80. The van der Waals surface area contributed by atoms with Crippen molar-refractivity contribution < 1.29 is 14.0 Å². The Balaban J connectivity index is 1.77. The predicted octanol–water partition coefficient (Wildman–Crippen LogP) is 4.06. The molecule has 0 fully saturated rings. The van der Waals surface area contributed by atoms with Gasteiger partial charge in [0.1, 0.15) is 17.1 Å². The number of hydrogen-bond acceptors (Lipinski definition) is 3. The van der Waals surface area contributed by atoms with Crippen LogP contribution in [0.3, 0.4) is 0 Å². The summed E-state index contributed by atoms with van der Waals surface area (Å²) >= 11 is 0. The lowest BCUT2D eigenvalue weighted by atomic mass is 9.91. The fraction of sp³-hybridized carbons (Fsp3) is 0.320. The molecule has 1 atom stereocenters. The molecule has 0 spiro atoms. The summed E-state index contributed by atoms with van der Waals surface area (Å²) in [5.74, 6) is -1.40. The zero-order valence-electron chi connectivity index (χ0n) is 18.7. The van der Waals surface area contributed by atoms with Crippen LogP contribution in [-0.4, -0.2) is 27.1 Å². The molecule has 0 saturated heterocycles. The lowest BCUT2D eigenvalue weighted by molar-refractivity contribution is -0.126. The number of carbonyl (C=O) groups is 2. The molecule has 1 N–H and O–H groups in total. The standard InChI is InChI=1S/C25H27FN4O2/c1-24(2,3)21-14-20-22(31)30(19-13-9-8-12-18(19)26)25(4,16-29(20)28-21)23(32)27-15-17-10-6-5-7-11-17/h5-14H,15-16H2,1-4H3,(H,27,32). The van der Waals surface area contributed by atoms with Crippen molar-refractivity contribution in [1.29, 1.82) is 0 Å². The Bertz CT molecular complexity index is 1170. The SMILES string of the molecule is CC(C)(C)c1cc2n(n1)CC(C)(C(=O)NCc1ccccc1)N(c1ccccc1F)C2=O. The fourth-order valence-corrected chi connectivity index (χ4v) is 3.93. The average Bonchev–Trinajstić information content (AvgIpc) is 3.18. The number of nitrogens with one attached hydrogen (secondary N) is 1. The van der Waals surface area contributed by atoms with E-state index in [2.05, 4.69) is 10.4 Å². The second kappa shape index (κ2) is 7.89. The normalized spacial score (nSPS) is 18.4. The van der Waals surface area contributed by atoms with E-state index in [1.54, 1.807) is 29.8 Å². The van der Waals surface area contributed by atoms with E-state index in [0.717, 1.165) is 11.3 Å². The van der Waals surface area contributed by atoms with Crippen LogP contribution in [0.2, 0.25) is 0 Å². The highest BCUT2D eigenvalue weighted by atomic mass is 19.1. The first kappa shape index (κ1) is 21.7. The summed E-state index contributed by atoms with van der Waals surface area (Å²) in [4.78, 5) is 28.4. The molecule has 2 heterocycles. The Morgan fingerprint density at radius 3 is 2.44 bits per heavy atom. The van der Waals surface area contributed by atoms with E-state index in [-0.39, 0.29) is 23.6 Å². The van der Waals surface area contributed by atoms with Gasteiger partial charge in [0.05, 0.1) is 17.9 Å². The van der Waals surface area contributed by atoms with Crippen molar-refractivity contribution in [3.8, 4) is 0 Å². The van der Waals surface area contributed by atoms with Gasteiger partial charge in [-0.05, 0) is 30.7 Å².